The van der Waals surface area contributed by atoms with Gasteiger partial charge in [-0.15, -0.1) is 0 Å². The number of amides is 1. The molecule has 0 spiro atoms. The van der Waals surface area contributed by atoms with Gasteiger partial charge in [0.15, 0.2) is 11.9 Å². The summed E-state index contributed by atoms with van der Waals surface area (Å²) in [6, 6.07) is 6.90. The molecule has 1 fully saturated rings. The number of piperidine rings is 1. The number of ketones is 1. The maximum atomic E-state index is 12.2. The lowest BCUT2D eigenvalue weighted by molar-refractivity contribution is -0.138. The molecule has 2 rings (SSSR count). The highest BCUT2D eigenvalue weighted by Gasteiger charge is 2.23. The number of Topliss-reactive ketones (excluding diaryl/α,β-unsaturated/α-hetero) is 1. The van der Waals surface area contributed by atoms with Gasteiger partial charge in [-0.2, -0.15) is 0 Å². The molecule has 1 aromatic rings. The van der Waals surface area contributed by atoms with E-state index in [2.05, 4.69) is 0 Å². The summed E-state index contributed by atoms with van der Waals surface area (Å²) in [7, 11) is 0. The molecular weight excluding hydrogens is 254 g/mol. The average Bonchev–Trinajstić information content (AvgIpc) is 2.48. The molecule has 0 radical (unpaired) electrons. The minimum atomic E-state index is -0.490. The minimum Gasteiger partial charge on any atom is -0.481 e. The zero-order valence-corrected chi connectivity index (χ0v) is 12.1. The minimum absolute atomic E-state index is 0.0222. The zero-order chi connectivity index (χ0) is 14.5. The highest BCUT2D eigenvalue weighted by atomic mass is 16.5. The van der Waals surface area contributed by atoms with Gasteiger partial charge in [0.05, 0.1) is 0 Å². The number of ether oxygens (including phenoxy) is 1. The Morgan fingerprint density at radius 1 is 1.10 bits per heavy atom. The number of nitrogens with zero attached hydrogens (tertiary/aromatic N) is 1. The highest BCUT2D eigenvalue weighted by Crippen LogP contribution is 2.16. The van der Waals surface area contributed by atoms with Crippen LogP contribution in [-0.2, 0) is 4.79 Å². The van der Waals surface area contributed by atoms with E-state index in [0.29, 0.717) is 11.3 Å². The fourth-order valence-corrected chi connectivity index (χ4v) is 2.39. The van der Waals surface area contributed by atoms with Crippen molar-refractivity contribution in [2.24, 2.45) is 0 Å². The lowest BCUT2D eigenvalue weighted by Crippen LogP contribution is -2.43. The van der Waals surface area contributed by atoms with Crippen molar-refractivity contribution in [2.75, 3.05) is 13.1 Å². The molecule has 1 amide bonds. The maximum absolute atomic E-state index is 12.2. The topological polar surface area (TPSA) is 46.6 Å². The van der Waals surface area contributed by atoms with Crippen LogP contribution in [0.2, 0.25) is 0 Å². The SMILES string of the molecule is CC(=O)c1ccc(OC(C)C(=O)N2CCCCC2)cc1. The zero-order valence-electron chi connectivity index (χ0n) is 12.1. The predicted octanol–water partition coefficient (Wildman–Crippen LogP) is 2.67. The summed E-state index contributed by atoms with van der Waals surface area (Å²) in [5, 5.41) is 0. The Hall–Kier alpha value is -1.84. The predicted molar refractivity (Wildman–Crippen MR) is 77.0 cm³/mol. The summed E-state index contributed by atoms with van der Waals surface area (Å²) in [5.74, 6) is 0.683. The second kappa shape index (κ2) is 6.55. The molecule has 108 valence electrons. The Bertz CT molecular complexity index is 475. The first-order valence-corrected chi connectivity index (χ1v) is 7.14. The van der Waals surface area contributed by atoms with E-state index < -0.39 is 6.10 Å². The number of likely N-dealkylation sites (tertiary alicyclic amines) is 1. The van der Waals surface area contributed by atoms with Gasteiger partial charge in [0.2, 0.25) is 0 Å². The molecule has 20 heavy (non-hydrogen) atoms. The molecule has 1 saturated heterocycles. The van der Waals surface area contributed by atoms with Gasteiger partial charge >= 0.3 is 0 Å². The van der Waals surface area contributed by atoms with E-state index in [1.54, 1.807) is 31.2 Å². The van der Waals surface area contributed by atoms with E-state index in [1.165, 1.54) is 13.3 Å². The molecule has 0 aliphatic carbocycles. The summed E-state index contributed by atoms with van der Waals surface area (Å²) in [6.07, 6.45) is 2.86. The van der Waals surface area contributed by atoms with E-state index in [0.717, 1.165) is 25.9 Å². The van der Waals surface area contributed by atoms with Gasteiger partial charge < -0.3 is 9.64 Å². The van der Waals surface area contributed by atoms with E-state index in [1.807, 2.05) is 4.90 Å². The average molecular weight is 275 g/mol. The van der Waals surface area contributed by atoms with Crippen molar-refractivity contribution >= 4 is 11.7 Å². The summed E-state index contributed by atoms with van der Waals surface area (Å²) >= 11 is 0. The molecule has 4 nitrogen and oxygen atoms in total. The first kappa shape index (κ1) is 14.6. The molecule has 4 heteroatoms. The molecule has 1 unspecified atom stereocenters. The van der Waals surface area contributed by atoms with Crippen LogP contribution in [-0.4, -0.2) is 35.8 Å². The Balaban J connectivity index is 1.94. The van der Waals surface area contributed by atoms with Crippen molar-refractivity contribution < 1.29 is 14.3 Å². The Kier molecular flexibility index (Phi) is 4.77. The van der Waals surface area contributed by atoms with Gasteiger partial charge in [0.1, 0.15) is 5.75 Å². The molecule has 0 saturated carbocycles. The Labute approximate surface area is 119 Å². The van der Waals surface area contributed by atoms with Crippen LogP contribution in [0.4, 0.5) is 0 Å². The van der Waals surface area contributed by atoms with Crippen LogP contribution in [0.1, 0.15) is 43.5 Å². The fourth-order valence-electron chi connectivity index (χ4n) is 2.39. The first-order valence-electron chi connectivity index (χ1n) is 7.14. The fraction of sp³-hybridized carbons (Fsp3) is 0.500. The number of hydrogen-bond acceptors (Lipinski definition) is 3. The summed E-state index contributed by atoms with van der Waals surface area (Å²) in [5.41, 5.74) is 0.646. The summed E-state index contributed by atoms with van der Waals surface area (Å²) in [4.78, 5) is 25.3. The quantitative estimate of drug-likeness (QED) is 0.794. The van der Waals surface area contributed by atoms with Crippen molar-refractivity contribution in [2.45, 2.75) is 39.2 Å². The number of rotatable bonds is 4. The van der Waals surface area contributed by atoms with Crippen molar-refractivity contribution in [1.29, 1.82) is 0 Å². The van der Waals surface area contributed by atoms with E-state index in [9.17, 15) is 9.59 Å². The summed E-state index contributed by atoms with van der Waals surface area (Å²) < 4.78 is 5.66. The first-order chi connectivity index (χ1) is 9.58. The van der Waals surface area contributed by atoms with Crippen LogP contribution in [0, 0.1) is 0 Å². The van der Waals surface area contributed by atoms with Gasteiger partial charge in [0.25, 0.3) is 5.91 Å². The summed E-state index contributed by atoms with van der Waals surface area (Å²) in [6.45, 7) is 4.96. The molecule has 1 heterocycles. The van der Waals surface area contributed by atoms with Crippen molar-refractivity contribution in [1.82, 2.24) is 4.90 Å². The third-order valence-corrected chi connectivity index (χ3v) is 3.59. The number of hydrogen-bond donors (Lipinski definition) is 0. The molecule has 1 aromatic carbocycles. The van der Waals surface area contributed by atoms with Gasteiger partial charge in [-0.25, -0.2) is 0 Å². The standard InChI is InChI=1S/C16H21NO3/c1-12(18)14-6-8-15(9-7-14)20-13(2)16(19)17-10-4-3-5-11-17/h6-9,13H,3-5,10-11H2,1-2H3. The highest BCUT2D eigenvalue weighted by molar-refractivity contribution is 5.94. The van der Waals surface area contributed by atoms with E-state index in [4.69, 9.17) is 4.74 Å². The Morgan fingerprint density at radius 2 is 1.70 bits per heavy atom. The molecule has 1 atom stereocenters. The van der Waals surface area contributed by atoms with Gasteiger partial charge in [-0.3, -0.25) is 9.59 Å². The largest absolute Gasteiger partial charge is 0.481 e. The van der Waals surface area contributed by atoms with Crippen LogP contribution >= 0.6 is 0 Å². The lowest BCUT2D eigenvalue weighted by atomic mass is 10.1. The molecule has 0 N–H and O–H groups in total. The number of carbonyl (C=O) groups excluding carboxylic acids is 2. The second-order valence-corrected chi connectivity index (χ2v) is 5.23. The van der Waals surface area contributed by atoms with Crippen molar-refractivity contribution in [3.05, 3.63) is 29.8 Å². The van der Waals surface area contributed by atoms with E-state index in [-0.39, 0.29) is 11.7 Å². The van der Waals surface area contributed by atoms with Crippen LogP contribution < -0.4 is 4.74 Å². The molecular formula is C16H21NO3. The number of benzene rings is 1. The molecule has 1 aliphatic heterocycles. The maximum Gasteiger partial charge on any atom is 0.263 e. The molecule has 0 bridgehead atoms. The van der Waals surface area contributed by atoms with Crippen LogP contribution in [0.5, 0.6) is 5.75 Å². The normalized spacial score (nSPS) is 16.6. The monoisotopic (exact) mass is 275 g/mol. The third kappa shape index (κ3) is 3.59. The van der Waals surface area contributed by atoms with Crippen molar-refractivity contribution in [3.8, 4) is 5.75 Å². The number of carbonyl (C=O) groups is 2. The lowest BCUT2D eigenvalue weighted by Gasteiger charge is -2.29. The van der Waals surface area contributed by atoms with Crippen LogP contribution in [0.15, 0.2) is 24.3 Å². The van der Waals surface area contributed by atoms with E-state index >= 15 is 0 Å². The molecule has 1 aliphatic rings. The molecule has 0 aromatic heterocycles. The van der Waals surface area contributed by atoms with Crippen molar-refractivity contribution in [3.63, 3.8) is 0 Å². The smallest absolute Gasteiger partial charge is 0.263 e. The van der Waals surface area contributed by atoms with Gasteiger partial charge in [-0.1, -0.05) is 0 Å². The van der Waals surface area contributed by atoms with Gasteiger partial charge in [-0.05, 0) is 57.4 Å². The third-order valence-electron chi connectivity index (χ3n) is 3.59. The van der Waals surface area contributed by atoms with Gasteiger partial charge in [0, 0.05) is 18.7 Å². The van der Waals surface area contributed by atoms with Crippen LogP contribution in [0.25, 0.3) is 0 Å². The van der Waals surface area contributed by atoms with Crippen LogP contribution in [0.3, 0.4) is 0 Å². The second-order valence-electron chi connectivity index (χ2n) is 5.23. The Morgan fingerprint density at radius 3 is 2.25 bits per heavy atom.